The van der Waals surface area contributed by atoms with Gasteiger partial charge in [0.05, 0.1) is 12.8 Å². The largest absolute Gasteiger partial charge is 0.497 e. The summed E-state index contributed by atoms with van der Waals surface area (Å²) in [6.45, 7) is 8.10. The molecule has 2 heterocycles. The maximum Gasteiger partial charge on any atom is 0.335 e. The molecular weight excluding hydrogens is 442 g/mol. The van der Waals surface area contributed by atoms with Crippen LogP contribution in [0.4, 0.5) is 10.5 Å². The highest BCUT2D eigenvalue weighted by Gasteiger charge is 2.37. The lowest BCUT2D eigenvalue weighted by molar-refractivity contribution is -0.122. The first-order valence-corrected chi connectivity index (χ1v) is 11.6. The zero-order valence-corrected chi connectivity index (χ0v) is 20.6. The van der Waals surface area contributed by atoms with Crippen LogP contribution in [0.1, 0.15) is 48.7 Å². The van der Waals surface area contributed by atoms with Gasteiger partial charge in [-0.05, 0) is 85.9 Å². The summed E-state index contributed by atoms with van der Waals surface area (Å²) in [7, 11) is 1.62. The minimum absolute atomic E-state index is 0.0921. The molecule has 1 aromatic heterocycles. The molecule has 1 saturated heterocycles. The third kappa shape index (κ3) is 4.49. The second-order valence-corrected chi connectivity index (χ2v) is 8.72. The van der Waals surface area contributed by atoms with Gasteiger partial charge in [0, 0.05) is 17.1 Å². The Morgan fingerprint density at radius 2 is 1.60 bits per heavy atom. The fourth-order valence-electron chi connectivity index (χ4n) is 4.30. The van der Waals surface area contributed by atoms with Gasteiger partial charge in [0.2, 0.25) is 0 Å². The van der Waals surface area contributed by atoms with Crippen molar-refractivity contribution in [3.05, 3.63) is 82.7 Å². The molecule has 4 amide bonds. The summed E-state index contributed by atoms with van der Waals surface area (Å²) in [5, 5.41) is 2.30. The van der Waals surface area contributed by atoms with Crippen molar-refractivity contribution >= 4 is 29.6 Å². The highest BCUT2D eigenvalue weighted by atomic mass is 16.5. The van der Waals surface area contributed by atoms with Crippen molar-refractivity contribution in [3.8, 4) is 11.4 Å². The van der Waals surface area contributed by atoms with E-state index in [9.17, 15) is 14.4 Å². The van der Waals surface area contributed by atoms with E-state index >= 15 is 0 Å². The minimum atomic E-state index is -0.753. The first-order chi connectivity index (χ1) is 16.7. The van der Waals surface area contributed by atoms with Crippen LogP contribution in [0.3, 0.4) is 0 Å². The molecule has 2 aromatic carbocycles. The predicted molar refractivity (Wildman–Crippen MR) is 136 cm³/mol. The van der Waals surface area contributed by atoms with Crippen LogP contribution < -0.4 is 15.0 Å². The number of urea groups is 1. The third-order valence-corrected chi connectivity index (χ3v) is 6.54. The van der Waals surface area contributed by atoms with E-state index in [0.717, 1.165) is 45.3 Å². The van der Waals surface area contributed by atoms with Gasteiger partial charge in [-0.2, -0.15) is 0 Å². The number of rotatable bonds is 6. The number of imide groups is 2. The Morgan fingerprint density at radius 3 is 2.20 bits per heavy atom. The molecule has 180 valence electrons. The summed E-state index contributed by atoms with van der Waals surface area (Å²) in [6, 6.07) is 16.1. The van der Waals surface area contributed by atoms with E-state index in [4.69, 9.17) is 4.74 Å². The number of aromatic nitrogens is 1. The van der Waals surface area contributed by atoms with Gasteiger partial charge in [0.1, 0.15) is 11.3 Å². The Balaban J connectivity index is 1.69. The number of benzene rings is 2. The van der Waals surface area contributed by atoms with Gasteiger partial charge in [-0.15, -0.1) is 0 Å². The van der Waals surface area contributed by atoms with Crippen molar-refractivity contribution < 1.29 is 19.1 Å². The van der Waals surface area contributed by atoms with Crippen LogP contribution in [0.15, 0.2) is 60.2 Å². The number of carbonyl (C=O) groups excluding carboxylic acids is 3. The van der Waals surface area contributed by atoms with Crippen LogP contribution in [0.5, 0.6) is 5.75 Å². The van der Waals surface area contributed by atoms with Crippen molar-refractivity contribution in [2.75, 3.05) is 12.0 Å². The molecule has 0 aliphatic carbocycles. The summed E-state index contributed by atoms with van der Waals surface area (Å²) in [5.74, 6) is -0.232. The van der Waals surface area contributed by atoms with Gasteiger partial charge < -0.3 is 9.30 Å². The first kappa shape index (κ1) is 24.0. The average molecular weight is 472 g/mol. The number of amides is 4. The molecule has 1 aliphatic rings. The lowest BCUT2D eigenvalue weighted by Gasteiger charge is -2.26. The monoisotopic (exact) mass is 471 g/mol. The quantitative estimate of drug-likeness (QED) is 0.392. The van der Waals surface area contributed by atoms with Crippen molar-refractivity contribution in [3.63, 3.8) is 0 Å². The van der Waals surface area contributed by atoms with E-state index < -0.39 is 17.8 Å². The normalized spacial score (nSPS) is 16.0. The lowest BCUT2D eigenvalue weighted by atomic mass is 9.98. The lowest BCUT2D eigenvalue weighted by Crippen LogP contribution is -2.54. The van der Waals surface area contributed by atoms with Crippen LogP contribution in [-0.4, -0.2) is 29.5 Å². The van der Waals surface area contributed by atoms with Gasteiger partial charge in [-0.1, -0.05) is 26.0 Å². The molecule has 1 N–H and O–H groups in total. The Bertz CT molecular complexity index is 1320. The van der Waals surface area contributed by atoms with Crippen LogP contribution in [0.2, 0.25) is 0 Å². The zero-order chi connectivity index (χ0) is 25.3. The molecule has 4 rings (SSSR count). The molecule has 3 aromatic rings. The second kappa shape index (κ2) is 9.62. The molecule has 0 bridgehead atoms. The molecule has 35 heavy (non-hydrogen) atoms. The maximum absolute atomic E-state index is 13.3. The van der Waals surface area contributed by atoms with Crippen LogP contribution in [-0.2, 0) is 9.59 Å². The molecule has 1 fully saturated rings. The number of carbonyl (C=O) groups is 3. The third-order valence-electron chi connectivity index (χ3n) is 6.54. The molecule has 0 radical (unpaired) electrons. The summed E-state index contributed by atoms with van der Waals surface area (Å²) >= 11 is 0. The molecule has 1 aliphatic heterocycles. The molecule has 7 heteroatoms. The fraction of sp³-hybridized carbons (Fsp3) is 0.250. The van der Waals surface area contributed by atoms with Gasteiger partial charge in [0.15, 0.2) is 0 Å². The van der Waals surface area contributed by atoms with Crippen molar-refractivity contribution in [1.82, 2.24) is 9.88 Å². The van der Waals surface area contributed by atoms with E-state index in [2.05, 4.69) is 19.2 Å². The Labute approximate surface area is 205 Å². The first-order valence-electron chi connectivity index (χ1n) is 11.6. The van der Waals surface area contributed by atoms with Crippen molar-refractivity contribution in [1.29, 1.82) is 0 Å². The van der Waals surface area contributed by atoms with Gasteiger partial charge >= 0.3 is 6.03 Å². The number of nitrogens with one attached hydrogen (secondary N) is 1. The van der Waals surface area contributed by atoms with E-state index in [1.807, 2.05) is 60.9 Å². The van der Waals surface area contributed by atoms with E-state index in [0.29, 0.717) is 11.6 Å². The topological polar surface area (TPSA) is 80.6 Å². The predicted octanol–water partition coefficient (Wildman–Crippen LogP) is 5.28. The molecule has 0 spiro atoms. The van der Waals surface area contributed by atoms with Gasteiger partial charge in [0.25, 0.3) is 11.8 Å². The zero-order valence-electron chi connectivity index (χ0n) is 20.6. The SMILES string of the molecule is CC[C@H](C)c1ccc(N2C(=O)NC(=O)/C(=C/c3cc(C)n(-c4ccc(OC)cc4)c3C)C2=O)cc1. The van der Waals surface area contributed by atoms with Crippen LogP contribution >= 0.6 is 0 Å². The molecule has 0 saturated carbocycles. The Hall–Kier alpha value is -4.13. The molecule has 7 nitrogen and oxygen atoms in total. The summed E-state index contributed by atoms with van der Waals surface area (Å²) in [6.07, 6.45) is 2.53. The highest BCUT2D eigenvalue weighted by molar-refractivity contribution is 6.39. The second-order valence-electron chi connectivity index (χ2n) is 8.72. The van der Waals surface area contributed by atoms with Crippen LogP contribution in [0, 0.1) is 13.8 Å². The van der Waals surface area contributed by atoms with Crippen LogP contribution in [0.25, 0.3) is 11.8 Å². The summed E-state index contributed by atoms with van der Waals surface area (Å²) in [4.78, 5) is 39.6. The molecular formula is C28H29N3O4. The Morgan fingerprint density at radius 1 is 0.971 bits per heavy atom. The molecule has 1 atom stereocenters. The van der Waals surface area contributed by atoms with Crippen molar-refractivity contribution in [2.24, 2.45) is 0 Å². The average Bonchev–Trinajstić information content (AvgIpc) is 3.14. The minimum Gasteiger partial charge on any atom is -0.497 e. The summed E-state index contributed by atoms with van der Waals surface area (Å²) in [5.41, 5.74) is 4.91. The number of barbiturate groups is 1. The fourth-order valence-corrected chi connectivity index (χ4v) is 4.30. The van der Waals surface area contributed by atoms with E-state index in [1.54, 1.807) is 25.3 Å². The Kier molecular flexibility index (Phi) is 6.60. The number of ether oxygens (including phenoxy) is 1. The standard InChI is InChI=1S/C28H29N3O4/c1-6-17(2)20-7-9-23(10-8-20)31-27(33)25(26(32)29-28(31)34)16-21-15-18(3)30(19(21)4)22-11-13-24(35-5)14-12-22/h7-17H,6H2,1-5H3,(H,29,32,34)/b25-16-/t17-/m0/s1. The number of aryl methyl sites for hydroxylation is 1. The number of anilines is 1. The van der Waals surface area contributed by atoms with E-state index in [1.165, 1.54) is 0 Å². The maximum atomic E-state index is 13.3. The van der Waals surface area contributed by atoms with Gasteiger partial charge in [-0.25, -0.2) is 9.69 Å². The summed E-state index contributed by atoms with van der Waals surface area (Å²) < 4.78 is 7.28. The highest BCUT2D eigenvalue weighted by Crippen LogP contribution is 2.28. The van der Waals surface area contributed by atoms with Gasteiger partial charge in [-0.3, -0.25) is 14.9 Å². The number of hydrogen-bond acceptors (Lipinski definition) is 4. The number of hydrogen-bond donors (Lipinski definition) is 1. The number of nitrogens with zero attached hydrogens (tertiary/aromatic N) is 2. The number of methoxy groups -OCH3 is 1. The smallest absolute Gasteiger partial charge is 0.335 e. The van der Waals surface area contributed by atoms with Crippen molar-refractivity contribution in [2.45, 2.75) is 40.0 Å². The molecule has 0 unspecified atom stereocenters. The van der Waals surface area contributed by atoms with E-state index in [-0.39, 0.29) is 5.57 Å².